The third-order valence-electron chi connectivity index (χ3n) is 9.35. The Kier molecular flexibility index (Phi) is 8.14. The molecule has 0 radical (unpaired) electrons. The van der Waals surface area contributed by atoms with Crippen LogP contribution in [0.4, 0.5) is 4.39 Å². The van der Waals surface area contributed by atoms with Crippen molar-refractivity contribution >= 4 is 16.7 Å². The topological polar surface area (TPSA) is 23.6 Å². The number of hydrogen-bond donors (Lipinski definition) is 0. The van der Waals surface area contributed by atoms with Crippen molar-refractivity contribution in [2.45, 2.75) is 58.3 Å². The van der Waals surface area contributed by atoms with E-state index in [4.69, 9.17) is 0 Å². The van der Waals surface area contributed by atoms with Crippen LogP contribution in [0.3, 0.4) is 0 Å². The second kappa shape index (κ2) is 12.1. The van der Waals surface area contributed by atoms with Gasteiger partial charge in [-0.3, -0.25) is 9.69 Å². The van der Waals surface area contributed by atoms with E-state index in [9.17, 15) is 9.18 Å². The molecule has 0 N–H and O–H groups in total. The van der Waals surface area contributed by atoms with Gasteiger partial charge in [0.2, 0.25) is 5.91 Å². The van der Waals surface area contributed by atoms with E-state index in [1.54, 1.807) is 12.1 Å². The molecule has 2 aliphatic rings. The van der Waals surface area contributed by atoms with Gasteiger partial charge in [0.15, 0.2) is 0 Å². The van der Waals surface area contributed by atoms with Gasteiger partial charge in [-0.15, -0.1) is 0 Å². The quantitative estimate of drug-likeness (QED) is 0.206. The summed E-state index contributed by atoms with van der Waals surface area (Å²) in [5.41, 5.74) is 6.93. The number of nitrogens with zero attached hydrogens (tertiary/aromatic N) is 2. The van der Waals surface area contributed by atoms with E-state index in [-0.39, 0.29) is 37.8 Å². The Morgan fingerprint density at radius 1 is 0.791 bits per heavy atom. The number of carbonyl (C=O) groups is 1. The Hall–Kier alpha value is -4.28. The summed E-state index contributed by atoms with van der Waals surface area (Å²) in [6.07, 6.45) is 2.47. The van der Waals surface area contributed by atoms with Gasteiger partial charge in [-0.1, -0.05) is 117 Å². The molecule has 0 saturated carbocycles. The third kappa shape index (κ3) is 5.36. The fourth-order valence-corrected chi connectivity index (χ4v) is 7.17. The molecular weight excluding hydrogens is 531 g/mol. The molecule has 0 unspecified atom stereocenters. The molecule has 2 atom stereocenters. The highest BCUT2D eigenvalue weighted by molar-refractivity contribution is 5.87. The average Bonchev–Trinajstić information content (AvgIpc) is 3.47. The zero-order chi connectivity index (χ0) is 28.6. The SMILES string of the molecule is C.C[C@@H](C(=O)N(Cc1ccccc1F)C1Cc2ccccc2C1)N1CCc2ccccc2[C@@H]1c1cccc2ccccc12. The molecule has 7 rings (SSSR count). The van der Waals surface area contributed by atoms with Gasteiger partial charge in [0.05, 0.1) is 12.1 Å². The first-order valence-corrected chi connectivity index (χ1v) is 15.0. The molecule has 3 nitrogen and oxygen atoms in total. The van der Waals surface area contributed by atoms with E-state index < -0.39 is 6.04 Å². The van der Waals surface area contributed by atoms with Crippen molar-refractivity contribution in [3.63, 3.8) is 0 Å². The zero-order valence-electron chi connectivity index (χ0n) is 23.9. The minimum Gasteiger partial charge on any atom is -0.333 e. The Balaban J connectivity index is 0.00000329. The number of fused-ring (bicyclic) bond motifs is 3. The van der Waals surface area contributed by atoms with E-state index in [1.807, 2.05) is 17.9 Å². The van der Waals surface area contributed by atoms with Crippen LogP contribution in [0.5, 0.6) is 0 Å². The Labute approximate surface area is 254 Å². The Bertz CT molecular complexity index is 1730. The first-order chi connectivity index (χ1) is 20.6. The van der Waals surface area contributed by atoms with Crippen LogP contribution >= 0.6 is 0 Å². The number of halogens is 1. The maximum atomic E-state index is 15.0. The molecule has 4 heteroatoms. The summed E-state index contributed by atoms with van der Waals surface area (Å²) < 4.78 is 15.0. The van der Waals surface area contributed by atoms with Crippen LogP contribution in [-0.4, -0.2) is 34.3 Å². The summed E-state index contributed by atoms with van der Waals surface area (Å²) >= 11 is 0. The van der Waals surface area contributed by atoms with Crippen LogP contribution in [0.2, 0.25) is 0 Å². The highest BCUT2D eigenvalue weighted by Crippen LogP contribution is 2.40. The molecule has 0 fully saturated rings. The van der Waals surface area contributed by atoms with Crippen LogP contribution in [0.25, 0.3) is 10.8 Å². The smallest absolute Gasteiger partial charge is 0.240 e. The van der Waals surface area contributed by atoms with Crippen molar-refractivity contribution in [1.29, 1.82) is 0 Å². The minimum absolute atomic E-state index is 0. The molecule has 0 saturated heterocycles. The summed E-state index contributed by atoms with van der Waals surface area (Å²) in [4.78, 5) is 19.1. The number of carbonyl (C=O) groups excluding carboxylic acids is 1. The number of benzene rings is 5. The summed E-state index contributed by atoms with van der Waals surface area (Å²) in [5, 5.41) is 2.41. The second-order valence-corrected chi connectivity index (χ2v) is 11.7. The van der Waals surface area contributed by atoms with Gasteiger partial charge in [-0.2, -0.15) is 0 Å². The molecule has 0 aromatic heterocycles. The predicted octanol–water partition coefficient (Wildman–Crippen LogP) is 8.15. The van der Waals surface area contributed by atoms with Gasteiger partial charge < -0.3 is 4.90 Å². The van der Waals surface area contributed by atoms with Gasteiger partial charge in [0, 0.05) is 24.7 Å². The van der Waals surface area contributed by atoms with E-state index >= 15 is 0 Å². The lowest BCUT2D eigenvalue weighted by Gasteiger charge is -2.43. The normalized spacial score (nSPS) is 17.1. The molecule has 1 amide bonds. The minimum atomic E-state index is -0.391. The van der Waals surface area contributed by atoms with Crippen molar-refractivity contribution in [3.05, 3.63) is 154 Å². The molecule has 1 aliphatic carbocycles. The van der Waals surface area contributed by atoms with Crippen LogP contribution in [0.15, 0.2) is 115 Å². The summed E-state index contributed by atoms with van der Waals surface area (Å²) in [5.74, 6) is -0.209. The van der Waals surface area contributed by atoms with Crippen molar-refractivity contribution in [1.82, 2.24) is 9.80 Å². The van der Waals surface area contributed by atoms with Gasteiger partial charge >= 0.3 is 0 Å². The van der Waals surface area contributed by atoms with Gasteiger partial charge in [-0.05, 0) is 70.8 Å². The standard InChI is InChI=1S/C38H35FN2O.CH4/c1-26(38(42)41(25-31-15-6-9-20-36(31)39)32-23-29-13-2-3-14-30(29)24-32)40-22-21-28-12-5-8-18-34(28)37(40)35-19-10-16-27-11-4-7-17-33(27)35;/h2-20,26,32,37H,21-25H2,1H3;1H4/t26-,37+;/m0./s1. The molecule has 1 aliphatic heterocycles. The number of amides is 1. The van der Waals surface area contributed by atoms with Crippen LogP contribution in [-0.2, 0) is 30.6 Å². The van der Waals surface area contributed by atoms with Gasteiger partial charge in [0.1, 0.15) is 5.82 Å². The maximum Gasteiger partial charge on any atom is 0.240 e. The fourth-order valence-electron chi connectivity index (χ4n) is 7.17. The highest BCUT2D eigenvalue weighted by atomic mass is 19.1. The molecular formula is C39H39FN2O. The van der Waals surface area contributed by atoms with E-state index in [1.165, 1.54) is 44.7 Å². The molecule has 5 aromatic carbocycles. The lowest BCUT2D eigenvalue weighted by molar-refractivity contribution is -0.140. The molecule has 5 aromatic rings. The van der Waals surface area contributed by atoms with Crippen molar-refractivity contribution in [3.8, 4) is 0 Å². The second-order valence-electron chi connectivity index (χ2n) is 11.7. The number of rotatable bonds is 6. The Morgan fingerprint density at radius 3 is 2.16 bits per heavy atom. The van der Waals surface area contributed by atoms with E-state index in [2.05, 4.69) is 95.9 Å². The third-order valence-corrected chi connectivity index (χ3v) is 9.35. The van der Waals surface area contributed by atoms with Gasteiger partial charge in [-0.25, -0.2) is 4.39 Å². The predicted molar refractivity (Wildman–Crippen MR) is 173 cm³/mol. The van der Waals surface area contributed by atoms with Crippen molar-refractivity contribution in [2.24, 2.45) is 0 Å². The zero-order valence-corrected chi connectivity index (χ0v) is 23.9. The van der Waals surface area contributed by atoms with Crippen LogP contribution in [0.1, 0.15) is 53.8 Å². The fraction of sp³-hybridized carbons (Fsp3) is 0.256. The molecule has 1 heterocycles. The van der Waals surface area contributed by atoms with Crippen molar-refractivity contribution in [2.75, 3.05) is 6.54 Å². The number of hydrogen-bond acceptors (Lipinski definition) is 2. The molecule has 43 heavy (non-hydrogen) atoms. The average molecular weight is 571 g/mol. The lowest BCUT2D eigenvalue weighted by Crippen LogP contribution is -2.53. The molecule has 218 valence electrons. The summed E-state index contributed by atoms with van der Waals surface area (Å²) in [6, 6.07) is 38.5. The van der Waals surface area contributed by atoms with Crippen LogP contribution in [0, 0.1) is 5.82 Å². The van der Waals surface area contributed by atoms with Crippen molar-refractivity contribution < 1.29 is 9.18 Å². The largest absolute Gasteiger partial charge is 0.333 e. The Morgan fingerprint density at radius 2 is 1.40 bits per heavy atom. The monoisotopic (exact) mass is 570 g/mol. The first kappa shape index (κ1) is 28.8. The molecule has 0 bridgehead atoms. The maximum absolute atomic E-state index is 15.0. The lowest BCUT2D eigenvalue weighted by atomic mass is 9.85. The molecule has 0 spiro atoms. The first-order valence-electron chi connectivity index (χ1n) is 15.0. The van der Waals surface area contributed by atoms with Gasteiger partial charge in [0.25, 0.3) is 0 Å². The van der Waals surface area contributed by atoms with E-state index in [0.717, 1.165) is 25.8 Å². The summed E-state index contributed by atoms with van der Waals surface area (Å²) in [6.45, 7) is 3.08. The van der Waals surface area contributed by atoms with E-state index in [0.29, 0.717) is 5.56 Å². The van der Waals surface area contributed by atoms with Crippen LogP contribution < -0.4 is 0 Å². The summed E-state index contributed by atoms with van der Waals surface area (Å²) in [7, 11) is 0. The highest BCUT2D eigenvalue weighted by Gasteiger charge is 2.39.